The normalized spacial score (nSPS) is 19.1. The van der Waals surface area contributed by atoms with Crippen LogP contribution in [0.25, 0.3) is 0 Å². The molecule has 0 radical (unpaired) electrons. The lowest BCUT2D eigenvalue weighted by atomic mass is 9.99. The summed E-state index contributed by atoms with van der Waals surface area (Å²) in [6.07, 6.45) is 5.28. The summed E-state index contributed by atoms with van der Waals surface area (Å²) in [6.45, 7) is 1.84. The van der Waals surface area contributed by atoms with Gasteiger partial charge in [-0.1, -0.05) is 12.1 Å². The number of aryl methyl sites for hydroxylation is 1. The van der Waals surface area contributed by atoms with E-state index in [0.717, 1.165) is 43.8 Å². The first-order valence-electron chi connectivity index (χ1n) is 6.89. The Morgan fingerprint density at radius 3 is 2.84 bits per heavy atom. The molecule has 1 saturated heterocycles. The standard InChI is InChI=1S/C15H22N2OS/c1-19-10-8-12-4-6-14(7-5-12)17-15(18)13-3-2-9-16-11-13/h4-7,13,16H,2-3,8-11H2,1H3,(H,17,18). The Hall–Kier alpha value is -1.00. The van der Waals surface area contributed by atoms with Crippen LogP contribution in [0.5, 0.6) is 0 Å². The fourth-order valence-electron chi connectivity index (χ4n) is 2.29. The minimum absolute atomic E-state index is 0.116. The summed E-state index contributed by atoms with van der Waals surface area (Å²) in [7, 11) is 0. The minimum atomic E-state index is 0.116. The van der Waals surface area contributed by atoms with E-state index < -0.39 is 0 Å². The number of carbonyl (C=O) groups excluding carboxylic acids is 1. The molecule has 19 heavy (non-hydrogen) atoms. The zero-order chi connectivity index (χ0) is 13.5. The fourth-order valence-corrected chi connectivity index (χ4v) is 2.73. The maximum absolute atomic E-state index is 12.1. The van der Waals surface area contributed by atoms with Crippen molar-refractivity contribution >= 4 is 23.4 Å². The quantitative estimate of drug-likeness (QED) is 0.869. The lowest BCUT2D eigenvalue weighted by Gasteiger charge is -2.21. The van der Waals surface area contributed by atoms with Crippen molar-refractivity contribution in [1.82, 2.24) is 5.32 Å². The van der Waals surface area contributed by atoms with Gasteiger partial charge in [-0.05, 0) is 55.5 Å². The molecule has 1 aromatic rings. The Labute approximate surface area is 119 Å². The molecule has 0 aromatic heterocycles. The van der Waals surface area contributed by atoms with E-state index in [-0.39, 0.29) is 11.8 Å². The van der Waals surface area contributed by atoms with Crippen LogP contribution in [0.4, 0.5) is 5.69 Å². The number of piperidine rings is 1. The van der Waals surface area contributed by atoms with Crippen LogP contribution in [0.1, 0.15) is 18.4 Å². The van der Waals surface area contributed by atoms with Gasteiger partial charge in [0, 0.05) is 12.2 Å². The van der Waals surface area contributed by atoms with Gasteiger partial charge in [-0.25, -0.2) is 0 Å². The monoisotopic (exact) mass is 278 g/mol. The van der Waals surface area contributed by atoms with E-state index in [0.29, 0.717) is 0 Å². The molecule has 1 heterocycles. The van der Waals surface area contributed by atoms with Gasteiger partial charge >= 0.3 is 0 Å². The first-order valence-corrected chi connectivity index (χ1v) is 8.28. The summed E-state index contributed by atoms with van der Waals surface area (Å²) in [5.74, 6) is 1.40. The van der Waals surface area contributed by atoms with Gasteiger partial charge in [0.2, 0.25) is 5.91 Å². The van der Waals surface area contributed by atoms with Gasteiger partial charge in [-0.2, -0.15) is 11.8 Å². The molecular formula is C15H22N2OS. The van der Waals surface area contributed by atoms with Crippen LogP contribution in [-0.2, 0) is 11.2 Å². The van der Waals surface area contributed by atoms with Crippen LogP contribution in [0, 0.1) is 5.92 Å². The molecule has 1 fully saturated rings. The van der Waals surface area contributed by atoms with Crippen molar-refractivity contribution in [2.75, 3.05) is 30.4 Å². The summed E-state index contributed by atoms with van der Waals surface area (Å²) in [4.78, 5) is 12.1. The van der Waals surface area contributed by atoms with E-state index in [1.807, 2.05) is 23.9 Å². The third-order valence-corrected chi connectivity index (χ3v) is 4.10. The van der Waals surface area contributed by atoms with E-state index in [1.165, 1.54) is 5.56 Å². The van der Waals surface area contributed by atoms with Crippen LogP contribution in [-0.4, -0.2) is 31.0 Å². The maximum Gasteiger partial charge on any atom is 0.228 e. The summed E-state index contributed by atoms with van der Waals surface area (Å²) in [5.41, 5.74) is 2.23. The molecule has 2 rings (SSSR count). The van der Waals surface area contributed by atoms with E-state index >= 15 is 0 Å². The van der Waals surface area contributed by atoms with Crippen molar-refractivity contribution in [1.29, 1.82) is 0 Å². The van der Waals surface area contributed by atoms with E-state index in [1.54, 1.807) is 0 Å². The van der Waals surface area contributed by atoms with Crippen molar-refractivity contribution in [2.24, 2.45) is 5.92 Å². The molecule has 0 bridgehead atoms. The highest BCUT2D eigenvalue weighted by Gasteiger charge is 2.20. The van der Waals surface area contributed by atoms with Crippen molar-refractivity contribution in [3.05, 3.63) is 29.8 Å². The Morgan fingerprint density at radius 2 is 2.21 bits per heavy atom. The molecular weight excluding hydrogens is 256 g/mol. The predicted octanol–water partition coefficient (Wildman–Crippen LogP) is 2.53. The van der Waals surface area contributed by atoms with Crippen molar-refractivity contribution < 1.29 is 4.79 Å². The maximum atomic E-state index is 12.1. The van der Waals surface area contributed by atoms with Crippen LogP contribution in [0.15, 0.2) is 24.3 Å². The second-order valence-electron chi connectivity index (χ2n) is 4.97. The molecule has 4 heteroatoms. The highest BCUT2D eigenvalue weighted by atomic mass is 32.2. The first kappa shape index (κ1) is 14.4. The predicted molar refractivity (Wildman–Crippen MR) is 82.8 cm³/mol. The number of rotatable bonds is 5. The lowest BCUT2D eigenvalue weighted by Crippen LogP contribution is -2.37. The third-order valence-electron chi connectivity index (χ3n) is 3.48. The highest BCUT2D eigenvalue weighted by Crippen LogP contribution is 2.15. The van der Waals surface area contributed by atoms with Crippen LogP contribution < -0.4 is 10.6 Å². The van der Waals surface area contributed by atoms with E-state index in [2.05, 4.69) is 29.0 Å². The highest BCUT2D eigenvalue weighted by molar-refractivity contribution is 7.98. The van der Waals surface area contributed by atoms with Crippen LogP contribution in [0.3, 0.4) is 0 Å². The number of nitrogens with one attached hydrogen (secondary N) is 2. The van der Waals surface area contributed by atoms with Crippen LogP contribution in [0.2, 0.25) is 0 Å². The zero-order valence-electron chi connectivity index (χ0n) is 11.4. The van der Waals surface area contributed by atoms with E-state index in [4.69, 9.17) is 0 Å². The number of amides is 1. The Balaban J connectivity index is 1.86. The molecule has 1 aliphatic rings. The molecule has 1 aromatic carbocycles. The van der Waals surface area contributed by atoms with Gasteiger partial charge < -0.3 is 10.6 Å². The molecule has 0 saturated carbocycles. The average molecular weight is 278 g/mol. The van der Waals surface area contributed by atoms with E-state index in [9.17, 15) is 4.79 Å². The molecule has 0 aliphatic carbocycles. The van der Waals surface area contributed by atoms with Gasteiger partial charge in [0.05, 0.1) is 5.92 Å². The Morgan fingerprint density at radius 1 is 1.42 bits per heavy atom. The van der Waals surface area contributed by atoms with Crippen molar-refractivity contribution in [3.63, 3.8) is 0 Å². The first-order chi connectivity index (χ1) is 9.29. The number of carbonyl (C=O) groups is 1. The van der Waals surface area contributed by atoms with Crippen molar-refractivity contribution in [3.8, 4) is 0 Å². The van der Waals surface area contributed by atoms with Crippen LogP contribution >= 0.6 is 11.8 Å². The lowest BCUT2D eigenvalue weighted by molar-refractivity contribution is -0.120. The van der Waals surface area contributed by atoms with Gasteiger partial charge in [0.1, 0.15) is 0 Å². The summed E-state index contributed by atoms with van der Waals surface area (Å²) in [6, 6.07) is 8.21. The second-order valence-corrected chi connectivity index (χ2v) is 5.96. The van der Waals surface area contributed by atoms with Gasteiger partial charge in [0.25, 0.3) is 0 Å². The van der Waals surface area contributed by atoms with Gasteiger partial charge in [-0.15, -0.1) is 0 Å². The molecule has 1 unspecified atom stereocenters. The smallest absolute Gasteiger partial charge is 0.228 e. The number of anilines is 1. The molecule has 3 nitrogen and oxygen atoms in total. The molecule has 2 N–H and O–H groups in total. The third kappa shape index (κ3) is 4.55. The number of benzene rings is 1. The SMILES string of the molecule is CSCCc1ccc(NC(=O)C2CCCNC2)cc1. The molecule has 0 spiro atoms. The summed E-state index contributed by atoms with van der Waals surface area (Å²) < 4.78 is 0. The fraction of sp³-hybridized carbons (Fsp3) is 0.533. The van der Waals surface area contributed by atoms with Gasteiger partial charge in [0.15, 0.2) is 0 Å². The summed E-state index contributed by atoms with van der Waals surface area (Å²) in [5, 5.41) is 6.28. The Bertz CT molecular complexity index is 399. The summed E-state index contributed by atoms with van der Waals surface area (Å²) >= 11 is 1.85. The number of thioether (sulfide) groups is 1. The minimum Gasteiger partial charge on any atom is -0.326 e. The number of hydrogen-bond acceptors (Lipinski definition) is 3. The van der Waals surface area contributed by atoms with Gasteiger partial charge in [-0.3, -0.25) is 4.79 Å². The van der Waals surface area contributed by atoms with Crippen molar-refractivity contribution in [2.45, 2.75) is 19.3 Å². The topological polar surface area (TPSA) is 41.1 Å². The Kier molecular flexibility index (Phi) is 5.73. The molecule has 1 atom stereocenters. The molecule has 1 aliphatic heterocycles. The molecule has 104 valence electrons. The zero-order valence-corrected chi connectivity index (χ0v) is 12.3. The largest absolute Gasteiger partial charge is 0.326 e. The number of hydrogen-bond donors (Lipinski definition) is 2. The average Bonchev–Trinajstić information content (AvgIpc) is 2.47. The molecule has 1 amide bonds. The second kappa shape index (κ2) is 7.56.